The molecule has 0 saturated carbocycles. The number of amides is 3. The number of hydrogen-bond donors (Lipinski definition) is 0. The molecule has 3 amide bonds. The highest BCUT2D eigenvalue weighted by Gasteiger charge is 2.33. The first-order chi connectivity index (χ1) is 13.5. The van der Waals surface area contributed by atoms with Crippen molar-refractivity contribution in [2.75, 3.05) is 7.05 Å². The van der Waals surface area contributed by atoms with Gasteiger partial charge in [-0.15, -0.1) is 0 Å². The number of fused-ring (bicyclic) bond motifs is 1. The Kier molecular flexibility index (Phi) is 4.45. The highest BCUT2D eigenvalue weighted by Crippen LogP contribution is 2.22. The normalized spacial score (nSPS) is 13.8. The fraction of sp³-hybridized carbons (Fsp3) is 0.0909. The van der Waals surface area contributed by atoms with Gasteiger partial charge in [-0.25, -0.2) is 0 Å². The van der Waals surface area contributed by atoms with Crippen molar-refractivity contribution in [2.24, 2.45) is 4.99 Å². The fourth-order valence-electron chi connectivity index (χ4n) is 3.15. The van der Waals surface area contributed by atoms with Crippen LogP contribution in [0.5, 0.6) is 0 Å². The van der Waals surface area contributed by atoms with E-state index in [-0.39, 0.29) is 17.0 Å². The zero-order valence-corrected chi connectivity index (χ0v) is 15.2. The molecule has 0 radical (unpaired) electrons. The average Bonchev–Trinajstić information content (AvgIpc) is 2.94. The molecular weight excluding hydrogens is 354 g/mol. The molecule has 0 fully saturated rings. The van der Waals surface area contributed by atoms with Crippen LogP contribution in [0.4, 0.5) is 0 Å². The molecular formula is C22H17N3O3. The second-order valence-corrected chi connectivity index (χ2v) is 6.52. The molecule has 6 nitrogen and oxygen atoms in total. The van der Waals surface area contributed by atoms with Gasteiger partial charge < -0.3 is 4.57 Å². The Labute approximate surface area is 161 Å². The summed E-state index contributed by atoms with van der Waals surface area (Å²) in [7, 11) is 1.42. The Hall–Kier alpha value is -3.80. The maximum absolute atomic E-state index is 12.7. The maximum atomic E-state index is 12.7. The number of benzene rings is 2. The molecule has 3 aromatic rings. The topological polar surface area (TPSA) is 71.7 Å². The Morgan fingerprint density at radius 2 is 1.61 bits per heavy atom. The van der Waals surface area contributed by atoms with Gasteiger partial charge in [0, 0.05) is 25.4 Å². The van der Waals surface area contributed by atoms with Crippen LogP contribution in [0.1, 0.15) is 36.6 Å². The van der Waals surface area contributed by atoms with E-state index in [1.807, 2.05) is 53.2 Å². The number of carbonyl (C=O) groups is 3. The minimum absolute atomic E-state index is 0.235. The molecule has 2 heterocycles. The lowest BCUT2D eigenvalue weighted by molar-refractivity contribution is 0.0693. The third-order valence-corrected chi connectivity index (χ3v) is 4.67. The smallest absolute Gasteiger partial charge is 0.278 e. The van der Waals surface area contributed by atoms with E-state index in [0.29, 0.717) is 17.6 Å². The summed E-state index contributed by atoms with van der Waals surface area (Å²) in [6.07, 6.45) is 1.86. The van der Waals surface area contributed by atoms with Crippen LogP contribution < -0.4 is 5.49 Å². The first-order valence-corrected chi connectivity index (χ1v) is 8.79. The van der Waals surface area contributed by atoms with Crippen molar-refractivity contribution in [3.63, 3.8) is 0 Å². The molecule has 0 atom stereocenters. The Morgan fingerprint density at radius 1 is 0.893 bits per heavy atom. The quantitative estimate of drug-likeness (QED) is 0.664. The summed E-state index contributed by atoms with van der Waals surface area (Å²) in [6, 6.07) is 19.8. The second-order valence-electron chi connectivity index (χ2n) is 6.52. The Morgan fingerprint density at radius 3 is 2.39 bits per heavy atom. The van der Waals surface area contributed by atoms with Gasteiger partial charge >= 0.3 is 0 Å². The largest absolute Gasteiger partial charge is 0.328 e. The standard InChI is InChI=1S/C22H17N3O3/c1-24-21(27)17-11-10-16(13-18(17)22(24)28)20(26)23-19-9-5-6-12-25(19)14-15-7-3-2-4-8-15/h2-13H,14H2,1H3. The zero-order chi connectivity index (χ0) is 19.7. The molecule has 0 spiro atoms. The van der Waals surface area contributed by atoms with E-state index in [4.69, 9.17) is 0 Å². The Balaban J connectivity index is 1.69. The molecule has 1 aromatic heterocycles. The van der Waals surface area contributed by atoms with Crippen molar-refractivity contribution in [1.29, 1.82) is 0 Å². The number of carbonyl (C=O) groups excluding carboxylic acids is 3. The van der Waals surface area contributed by atoms with Crippen LogP contribution in [0.3, 0.4) is 0 Å². The van der Waals surface area contributed by atoms with Gasteiger partial charge in [-0.1, -0.05) is 36.4 Å². The molecule has 0 N–H and O–H groups in total. The second kappa shape index (κ2) is 7.08. The van der Waals surface area contributed by atoms with Crippen molar-refractivity contribution in [2.45, 2.75) is 6.54 Å². The summed E-state index contributed by atoms with van der Waals surface area (Å²) in [5, 5.41) is 0. The highest BCUT2D eigenvalue weighted by atomic mass is 16.2. The minimum Gasteiger partial charge on any atom is -0.328 e. The zero-order valence-electron chi connectivity index (χ0n) is 15.2. The maximum Gasteiger partial charge on any atom is 0.278 e. The van der Waals surface area contributed by atoms with Gasteiger partial charge in [0.2, 0.25) is 0 Å². The van der Waals surface area contributed by atoms with Gasteiger partial charge in [0.15, 0.2) is 0 Å². The third-order valence-electron chi connectivity index (χ3n) is 4.67. The molecule has 28 heavy (non-hydrogen) atoms. The number of imide groups is 1. The first-order valence-electron chi connectivity index (χ1n) is 8.79. The van der Waals surface area contributed by atoms with Crippen molar-refractivity contribution in [3.8, 4) is 0 Å². The SMILES string of the molecule is CN1C(=O)c2ccc(C(=O)N=c3ccccn3Cc3ccccc3)cc2C1=O. The number of pyridine rings is 1. The van der Waals surface area contributed by atoms with Crippen molar-refractivity contribution >= 4 is 17.7 Å². The monoisotopic (exact) mass is 371 g/mol. The minimum atomic E-state index is -0.467. The molecule has 0 saturated heterocycles. The van der Waals surface area contributed by atoms with Crippen LogP contribution in [0, 0.1) is 0 Å². The van der Waals surface area contributed by atoms with Gasteiger partial charge in [-0.05, 0) is 35.9 Å². The highest BCUT2D eigenvalue weighted by molar-refractivity contribution is 6.21. The number of aromatic nitrogens is 1. The molecule has 0 bridgehead atoms. The molecule has 4 rings (SSSR count). The first kappa shape index (κ1) is 17.6. The van der Waals surface area contributed by atoms with Gasteiger partial charge in [-0.2, -0.15) is 4.99 Å². The lowest BCUT2D eigenvalue weighted by atomic mass is 10.1. The van der Waals surface area contributed by atoms with Crippen molar-refractivity contribution < 1.29 is 14.4 Å². The van der Waals surface area contributed by atoms with Crippen LogP contribution in [0.15, 0.2) is 77.9 Å². The summed E-state index contributed by atoms with van der Waals surface area (Å²) in [4.78, 5) is 42.1. The molecule has 0 unspecified atom stereocenters. The van der Waals surface area contributed by atoms with Gasteiger partial charge in [0.05, 0.1) is 11.1 Å². The summed E-state index contributed by atoms with van der Waals surface area (Å²) >= 11 is 0. The van der Waals surface area contributed by atoms with E-state index >= 15 is 0 Å². The van der Waals surface area contributed by atoms with Crippen LogP contribution in [-0.4, -0.2) is 34.2 Å². The predicted molar refractivity (Wildman–Crippen MR) is 103 cm³/mol. The summed E-state index contributed by atoms with van der Waals surface area (Å²) in [6.45, 7) is 0.579. The molecule has 138 valence electrons. The van der Waals surface area contributed by atoms with E-state index in [1.165, 1.54) is 25.2 Å². The molecule has 1 aliphatic rings. The molecule has 2 aromatic carbocycles. The number of nitrogens with zero attached hydrogens (tertiary/aromatic N) is 3. The lowest BCUT2D eigenvalue weighted by Crippen LogP contribution is -2.24. The van der Waals surface area contributed by atoms with Crippen molar-refractivity contribution in [3.05, 3.63) is 101 Å². The van der Waals surface area contributed by atoms with Gasteiger partial charge in [-0.3, -0.25) is 19.3 Å². The number of hydrogen-bond acceptors (Lipinski definition) is 3. The molecule has 0 aliphatic carbocycles. The van der Waals surface area contributed by atoms with Crippen LogP contribution in [0.25, 0.3) is 0 Å². The summed E-state index contributed by atoms with van der Waals surface area (Å²) in [5.41, 5.74) is 2.41. The molecule has 1 aliphatic heterocycles. The molecule has 6 heteroatoms. The average molecular weight is 371 g/mol. The van der Waals surface area contributed by atoms with E-state index < -0.39 is 11.8 Å². The van der Waals surface area contributed by atoms with Crippen LogP contribution >= 0.6 is 0 Å². The van der Waals surface area contributed by atoms with E-state index in [9.17, 15) is 14.4 Å². The van der Waals surface area contributed by atoms with Crippen LogP contribution in [0.2, 0.25) is 0 Å². The third kappa shape index (κ3) is 3.16. The van der Waals surface area contributed by atoms with E-state index in [2.05, 4.69) is 4.99 Å². The van der Waals surface area contributed by atoms with E-state index in [0.717, 1.165) is 10.5 Å². The fourth-order valence-corrected chi connectivity index (χ4v) is 3.15. The number of rotatable bonds is 3. The van der Waals surface area contributed by atoms with Gasteiger partial charge in [0.1, 0.15) is 5.49 Å². The van der Waals surface area contributed by atoms with Gasteiger partial charge in [0.25, 0.3) is 17.7 Å². The van der Waals surface area contributed by atoms with Crippen LogP contribution in [-0.2, 0) is 6.54 Å². The van der Waals surface area contributed by atoms with Crippen molar-refractivity contribution in [1.82, 2.24) is 9.47 Å². The predicted octanol–water partition coefficient (Wildman–Crippen LogP) is 2.50. The van der Waals surface area contributed by atoms with E-state index in [1.54, 1.807) is 6.07 Å². The summed E-state index contributed by atoms with van der Waals surface area (Å²) in [5.74, 6) is -1.24. The lowest BCUT2D eigenvalue weighted by Gasteiger charge is -2.07. The summed E-state index contributed by atoms with van der Waals surface area (Å²) < 4.78 is 1.88. The Bertz CT molecular complexity index is 1160.